The molecule has 20 heavy (non-hydrogen) atoms. The first-order chi connectivity index (χ1) is 9.40. The van der Waals surface area contributed by atoms with E-state index in [9.17, 15) is 18.7 Å². The van der Waals surface area contributed by atoms with Crippen molar-refractivity contribution in [3.8, 4) is 0 Å². The maximum absolute atomic E-state index is 13.0. The monoisotopic (exact) mass is 281 g/mol. The summed E-state index contributed by atoms with van der Waals surface area (Å²) in [7, 11) is 0. The number of halogens is 2. The molecule has 1 aromatic carbocycles. The van der Waals surface area contributed by atoms with Crippen molar-refractivity contribution in [3.05, 3.63) is 59.6 Å². The summed E-state index contributed by atoms with van der Waals surface area (Å²) in [6, 6.07) is 6.02. The topological polar surface area (TPSA) is 62.5 Å². The first-order valence-corrected chi connectivity index (χ1v) is 5.90. The van der Waals surface area contributed by atoms with Gasteiger partial charge in [-0.25, -0.2) is 8.78 Å². The molecule has 1 heterocycles. The summed E-state index contributed by atoms with van der Waals surface area (Å²) in [5.41, 5.74) is -1.42. The maximum Gasteiger partial charge on any atom is 0.251 e. The number of rotatable bonds is 4. The Kier molecular flexibility index (Phi) is 3.85. The van der Waals surface area contributed by atoms with Crippen molar-refractivity contribution in [1.29, 1.82) is 0 Å². The van der Waals surface area contributed by atoms with Gasteiger partial charge < -0.3 is 14.8 Å². The molecule has 0 aliphatic heterocycles. The minimum absolute atomic E-state index is 0.0286. The van der Waals surface area contributed by atoms with Crippen LogP contribution in [0, 0.1) is 11.6 Å². The van der Waals surface area contributed by atoms with Gasteiger partial charge in [-0.15, -0.1) is 0 Å². The van der Waals surface area contributed by atoms with Gasteiger partial charge in [-0.2, -0.15) is 0 Å². The lowest BCUT2D eigenvalue weighted by molar-refractivity contribution is 0.0330. The molecule has 6 heteroatoms. The van der Waals surface area contributed by atoms with Gasteiger partial charge in [0.25, 0.3) is 5.91 Å². The molecule has 1 aromatic heterocycles. The van der Waals surface area contributed by atoms with Crippen LogP contribution in [0.25, 0.3) is 0 Å². The van der Waals surface area contributed by atoms with E-state index in [2.05, 4.69) is 5.32 Å². The van der Waals surface area contributed by atoms with Crippen molar-refractivity contribution in [2.75, 3.05) is 6.54 Å². The molecule has 0 spiro atoms. The fraction of sp³-hybridized carbons (Fsp3) is 0.214. The van der Waals surface area contributed by atoms with Crippen molar-refractivity contribution in [2.45, 2.75) is 12.5 Å². The number of furan rings is 1. The van der Waals surface area contributed by atoms with Crippen LogP contribution in [0.4, 0.5) is 8.78 Å². The van der Waals surface area contributed by atoms with Crippen LogP contribution in [0.1, 0.15) is 23.0 Å². The normalized spacial score (nSPS) is 13.8. The van der Waals surface area contributed by atoms with E-state index in [-0.39, 0.29) is 12.1 Å². The summed E-state index contributed by atoms with van der Waals surface area (Å²) in [4.78, 5) is 11.8. The molecule has 0 saturated carbocycles. The fourth-order valence-electron chi connectivity index (χ4n) is 1.66. The highest BCUT2D eigenvalue weighted by atomic mass is 19.2. The molecule has 106 valence electrons. The summed E-state index contributed by atoms with van der Waals surface area (Å²) in [6.45, 7) is 1.34. The Morgan fingerprint density at radius 3 is 2.70 bits per heavy atom. The van der Waals surface area contributed by atoms with Crippen LogP contribution < -0.4 is 5.32 Å². The van der Waals surface area contributed by atoms with E-state index in [1.807, 2.05) is 0 Å². The average molecular weight is 281 g/mol. The Labute approximate surface area is 114 Å². The lowest BCUT2D eigenvalue weighted by Crippen LogP contribution is -2.38. The Morgan fingerprint density at radius 1 is 1.35 bits per heavy atom. The largest absolute Gasteiger partial charge is 0.466 e. The maximum atomic E-state index is 13.0. The molecule has 0 saturated heterocycles. The van der Waals surface area contributed by atoms with E-state index < -0.39 is 23.1 Å². The average Bonchev–Trinajstić information content (AvgIpc) is 2.94. The summed E-state index contributed by atoms with van der Waals surface area (Å²) >= 11 is 0. The predicted octanol–water partition coefficient (Wildman–Crippen LogP) is 2.20. The van der Waals surface area contributed by atoms with Crippen LogP contribution in [-0.2, 0) is 5.60 Å². The highest BCUT2D eigenvalue weighted by Gasteiger charge is 2.27. The second-order valence-corrected chi connectivity index (χ2v) is 4.56. The summed E-state index contributed by atoms with van der Waals surface area (Å²) in [5, 5.41) is 12.6. The molecule has 4 nitrogen and oxygen atoms in total. The van der Waals surface area contributed by atoms with Crippen LogP contribution in [0.3, 0.4) is 0 Å². The second-order valence-electron chi connectivity index (χ2n) is 4.56. The van der Waals surface area contributed by atoms with Gasteiger partial charge in [0.05, 0.1) is 12.8 Å². The second kappa shape index (κ2) is 5.42. The number of aliphatic hydroxyl groups is 1. The first-order valence-electron chi connectivity index (χ1n) is 5.90. The predicted molar refractivity (Wildman–Crippen MR) is 67.0 cm³/mol. The number of amides is 1. The van der Waals surface area contributed by atoms with Gasteiger partial charge >= 0.3 is 0 Å². The van der Waals surface area contributed by atoms with E-state index in [0.717, 1.165) is 18.2 Å². The molecule has 1 amide bonds. The number of hydrogen-bond donors (Lipinski definition) is 2. The van der Waals surface area contributed by atoms with Gasteiger partial charge in [0.1, 0.15) is 11.4 Å². The van der Waals surface area contributed by atoms with Crippen molar-refractivity contribution in [2.24, 2.45) is 0 Å². The van der Waals surface area contributed by atoms with Gasteiger partial charge in [-0.05, 0) is 37.3 Å². The highest BCUT2D eigenvalue weighted by Crippen LogP contribution is 2.20. The van der Waals surface area contributed by atoms with Crippen LogP contribution in [0.15, 0.2) is 41.0 Å². The first kappa shape index (κ1) is 14.2. The Morgan fingerprint density at radius 2 is 2.10 bits per heavy atom. The van der Waals surface area contributed by atoms with E-state index in [0.29, 0.717) is 5.76 Å². The van der Waals surface area contributed by atoms with Crippen LogP contribution in [0.2, 0.25) is 0 Å². The zero-order valence-corrected chi connectivity index (χ0v) is 10.7. The Balaban J connectivity index is 2.03. The summed E-state index contributed by atoms with van der Waals surface area (Å²) in [6.07, 6.45) is 1.40. The van der Waals surface area contributed by atoms with Crippen LogP contribution in [-0.4, -0.2) is 17.6 Å². The number of carbonyl (C=O) groups is 1. The Bertz CT molecular complexity index is 609. The van der Waals surface area contributed by atoms with Crippen LogP contribution in [0.5, 0.6) is 0 Å². The van der Waals surface area contributed by atoms with Crippen molar-refractivity contribution < 1.29 is 23.1 Å². The fourth-order valence-corrected chi connectivity index (χ4v) is 1.66. The molecule has 1 unspecified atom stereocenters. The van der Waals surface area contributed by atoms with Crippen molar-refractivity contribution in [3.63, 3.8) is 0 Å². The molecule has 1 atom stereocenters. The summed E-state index contributed by atoms with van der Waals surface area (Å²) in [5.74, 6) is -2.45. The number of benzene rings is 1. The molecule has 0 aliphatic carbocycles. The number of nitrogens with one attached hydrogen (secondary N) is 1. The minimum atomic E-state index is -1.39. The van der Waals surface area contributed by atoms with Gasteiger partial charge in [-0.3, -0.25) is 4.79 Å². The molecule has 2 aromatic rings. The highest BCUT2D eigenvalue weighted by molar-refractivity contribution is 5.94. The van der Waals surface area contributed by atoms with E-state index in [1.54, 1.807) is 12.1 Å². The number of hydrogen-bond acceptors (Lipinski definition) is 3. The smallest absolute Gasteiger partial charge is 0.251 e. The van der Waals surface area contributed by atoms with Gasteiger partial charge in [0.2, 0.25) is 0 Å². The molecule has 0 aliphatic rings. The van der Waals surface area contributed by atoms with Gasteiger partial charge in [0, 0.05) is 5.56 Å². The zero-order valence-electron chi connectivity index (χ0n) is 10.7. The SMILES string of the molecule is CC(O)(CNC(=O)c1ccc(F)c(F)c1)c1ccco1. The van der Waals surface area contributed by atoms with E-state index in [4.69, 9.17) is 4.42 Å². The van der Waals surface area contributed by atoms with Gasteiger partial charge in [-0.1, -0.05) is 0 Å². The lowest BCUT2D eigenvalue weighted by Gasteiger charge is -2.21. The lowest BCUT2D eigenvalue weighted by atomic mass is 10.0. The molecule has 2 N–H and O–H groups in total. The molecule has 0 bridgehead atoms. The summed E-state index contributed by atoms with van der Waals surface area (Å²) < 4.78 is 30.8. The standard InChI is InChI=1S/C14H13F2NO3/c1-14(19,12-3-2-6-20-12)8-17-13(18)9-4-5-10(15)11(16)7-9/h2-7,19H,8H2,1H3,(H,17,18). The third-order valence-electron chi connectivity index (χ3n) is 2.83. The van der Waals surface area contributed by atoms with Crippen molar-refractivity contribution in [1.82, 2.24) is 5.32 Å². The minimum Gasteiger partial charge on any atom is -0.466 e. The van der Waals surface area contributed by atoms with Crippen LogP contribution >= 0.6 is 0 Å². The van der Waals surface area contributed by atoms with Crippen molar-refractivity contribution >= 4 is 5.91 Å². The third kappa shape index (κ3) is 3.03. The Hall–Kier alpha value is -2.21. The van der Waals surface area contributed by atoms with E-state index >= 15 is 0 Å². The molecular weight excluding hydrogens is 268 g/mol. The van der Waals surface area contributed by atoms with E-state index in [1.165, 1.54) is 13.2 Å². The van der Waals surface area contributed by atoms with Gasteiger partial charge in [0.15, 0.2) is 11.6 Å². The quantitative estimate of drug-likeness (QED) is 0.903. The molecular formula is C14H13F2NO3. The molecule has 0 fully saturated rings. The molecule has 0 radical (unpaired) electrons. The zero-order chi connectivity index (χ0) is 14.8. The molecule has 2 rings (SSSR count). The third-order valence-corrected chi connectivity index (χ3v) is 2.83. The number of carbonyl (C=O) groups excluding carboxylic acids is 1.